The van der Waals surface area contributed by atoms with E-state index in [2.05, 4.69) is 5.32 Å². The van der Waals surface area contributed by atoms with Crippen LogP contribution in [0.5, 0.6) is 0 Å². The number of rotatable bonds is 9. The molecule has 29 heavy (non-hydrogen) atoms. The van der Waals surface area contributed by atoms with Gasteiger partial charge in [0.1, 0.15) is 6.04 Å². The fraction of sp³-hybridized carbons (Fsp3) is 0.421. The van der Waals surface area contributed by atoms with Crippen molar-refractivity contribution in [1.29, 1.82) is 0 Å². The average Bonchev–Trinajstić information content (AvgIpc) is 2.96. The third-order valence-corrected chi connectivity index (χ3v) is 4.78. The summed E-state index contributed by atoms with van der Waals surface area (Å²) in [6, 6.07) is 4.47. The topological polar surface area (TPSA) is 122 Å². The number of nitrogens with one attached hydrogen (secondary N) is 2. The smallest absolute Gasteiger partial charge is 0.329 e. The largest absolute Gasteiger partial charge is 0.454 e. The highest BCUT2D eigenvalue weighted by molar-refractivity contribution is 7.98. The number of hydrogen-bond acceptors (Lipinski definition) is 7. The van der Waals surface area contributed by atoms with Crippen LogP contribution < -0.4 is 10.6 Å². The quantitative estimate of drug-likeness (QED) is 0.453. The Bertz CT molecular complexity index is 778. The normalized spacial score (nSPS) is 13.7. The summed E-state index contributed by atoms with van der Waals surface area (Å²) in [7, 11) is 0. The molecule has 0 saturated heterocycles. The number of carbonyl (C=O) groups is 5. The van der Waals surface area contributed by atoms with Crippen LogP contribution in [0.3, 0.4) is 0 Å². The predicted molar refractivity (Wildman–Crippen MR) is 107 cm³/mol. The van der Waals surface area contributed by atoms with E-state index in [4.69, 9.17) is 4.74 Å². The van der Waals surface area contributed by atoms with Crippen LogP contribution in [0.4, 0.5) is 4.79 Å². The molecule has 0 unspecified atom stereocenters. The molecule has 1 aromatic rings. The van der Waals surface area contributed by atoms with Gasteiger partial charge in [-0.2, -0.15) is 11.8 Å². The zero-order valence-electron chi connectivity index (χ0n) is 16.2. The summed E-state index contributed by atoms with van der Waals surface area (Å²) < 4.78 is 4.99. The Labute approximate surface area is 172 Å². The van der Waals surface area contributed by atoms with Crippen LogP contribution in [0.1, 0.15) is 40.5 Å². The number of urea groups is 1. The third kappa shape index (κ3) is 5.57. The van der Waals surface area contributed by atoms with Gasteiger partial charge in [-0.1, -0.05) is 19.1 Å². The molecular formula is C19H23N3O6S. The number of amides is 5. The second-order valence-corrected chi connectivity index (χ2v) is 7.22. The van der Waals surface area contributed by atoms with Gasteiger partial charge in [-0.05, 0) is 37.0 Å². The van der Waals surface area contributed by atoms with Crippen LogP contribution in [-0.2, 0) is 14.3 Å². The maximum atomic E-state index is 12.7. The van der Waals surface area contributed by atoms with E-state index in [0.29, 0.717) is 18.7 Å². The molecule has 156 valence electrons. The molecule has 1 aromatic carbocycles. The standard InChI is InChI=1S/C19H23N3O6S/c1-3-9-20-19(27)21-15(23)11-28-18(26)14(8-10-29-2)22-16(24)12-6-4-5-7-13(12)17(22)25/h4-7,14H,3,8-11H2,1-2H3,(H2,20,21,23,27)/t14-/m0/s1. The van der Waals surface area contributed by atoms with Crippen molar-refractivity contribution in [2.45, 2.75) is 25.8 Å². The van der Waals surface area contributed by atoms with E-state index < -0.39 is 42.4 Å². The van der Waals surface area contributed by atoms with Crippen molar-refractivity contribution in [2.75, 3.05) is 25.2 Å². The maximum Gasteiger partial charge on any atom is 0.329 e. The number of ether oxygens (including phenoxy) is 1. The molecule has 9 nitrogen and oxygen atoms in total. The van der Waals surface area contributed by atoms with Crippen molar-refractivity contribution in [2.24, 2.45) is 0 Å². The molecule has 0 spiro atoms. The van der Waals surface area contributed by atoms with Crippen molar-refractivity contribution in [3.05, 3.63) is 35.4 Å². The molecule has 0 aromatic heterocycles. The second-order valence-electron chi connectivity index (χ2n) is 6.23. The van der Waals surface area contributed by atoms with E-state index in [1.807, 2.05) is 18.5 Å². The van der Waals surface area contributed by atoms with E-state index in [1.54, 1.807) is 12.1 Å². The number of nitrogens with zero attached hydrogens (tertiary/aromatic N) is 1. The minimum absolute atomic E-state index is 0.185. The molecule has 5 amide bonds. The number of esters is 1. The zero-order chi connectivity index (χ0) is 21.4. The Hall–Kier alpha value is -2.88. The SMILES string of the molecule is CCCNC(=O)NC(=O)COC(=O)[C@H](CCSC)N1C(=O)c2ccccc2C1=O. The second kappa shape index (κ2) is 10.6. The van der Waals surface area contributed by atoms with Crippen molar-refractivity contribution < 1.29 is 28.7 Å². The van der Waals surface area contributed by atoms with E-state index in [9.17, 15) is 24.0 Å². The van der Waals surface area contributed by atoms with Gasteiger partial charge < -0.3 is 10.1 Å². The fourth-order valence-corrected chi connectivity index (χ4v) is 3.21. The molecule has 1 aliphatic heterocycles. The fourth-order valence-electron chi connectivity index (χ4n) is 2.75. The number of benzene rings is 1. The number of imide groups is 2. The Morgan fingerprint density at radius 1 is 1.14 bits per heavy atom. The molecule has 1 heterocycles. The first kappa shape index (κ1) is 22.4. The number of thioether (sulfide) groups is 1. The minimum Gasteiger partial charge on any atom is -0.454 e. The van der Waals surface area contributed by atoms with Crippen LogP contribution in [-0.4, -0.2) is 65.8 Å². The van der Waals surface area contributed by atoms with E-state index in [0.717, 1.165) is 4.90 Å². The highest BCUT2D eigenvalue weighted by atomic mass is 32.2. The van der Waals surface area contributed by atoms with Gasteiger partial charge in [0.05, 0.1) is 11.1 Å². The van der Waals surface area contributed by atoms with Gasteiger partial charge in [0, 0.05) is 6.54 Å². The highest BCUT2D eigenvalue weighted by Crippen LogP contribution is 2.26. The third-order valence-electron chi connectivity index (χ3n) is 4.14. The summed E-state index contributed by atoms with van der Waals surface area (Å²) in [4.78, 5) is 62.0. The maximum absolute atomic E-state index is 12.7. The molecule has 1 aliphatic rings. The molecule has 1 atom stereocenters. The highest BCUT2D eigenvalue weighted by Gasteiger charge is 2.43. The van der Waals surface area contributed by atoms with Gasteiger partial charge >= 0.3 is 12.0 Å². The van der Waals surface area contributed by atoms with Crippen molar-refractivity contribution in [3.8, 4) is 0 Å². The van der Waals surface area contributed by atoms with Crippen LogP contribution in [0.2, 0.25) is 0 Å². The lowest BCUT2D eigenvalue weighted by Gasteiger charge is -2.24. The van der Waals surface area contributed by atoms with Gasteiger partial charge in [0.15, 0.2) is 6.61 Å². The first-order valence-corrected chi connectivity index (χ1v) is 10.5. The molecule has 10 heteroatoms. The Morgan fingerprint density at radius 3 is 2.31 bits per heavy atom. The van der Waals surface area contributed by atoms with Gasteiger partial charge in [-0.15, -0.1) is 0 Å². The van der Waals surface area contributed by atoms with Crippen molar-refractivity contribution in [3.63, 3.8) is 0 Å². The van der Waals surface area contributed by atoms with Gasteiger partial charge in [-0.3, -0.25) is 24.6 Å². The van der Waals surface area contributed by atoms with Crippen LogP contribution >= 0.6 is 11.8 Å². The lowest BCUT2D eigenvalue weighted by atomic mass is 10.1. The van der Waals surface area contributed by atoms with Gasteiger partial charge in [0.2, 0.25) is 0 Å². The summed E-state index contributed by atoms with van der Waals surface area (Å²) in [5.41, 5.74) is 0.453. The lowest BCUT2D eigenvalue weighted by Crippen LogP contribution is -2.47. The molecular weight excluding hydrogens is 398 g/mol. The monoisotopic (exact) mass is 421 g/mol. The molecule has 2 N–H and O–H groups in total. The molecule has 2 rings (SSSR count). The number of hydrogen-bond donors (Lipinski definition) is 2. The van der Waals surface area contributed by atoms with Crippen molar-refractivity contribution in [1.82, 2.24) is 15.5 Å². The Kier molecular flexibility index (Phi) is 8.20. The van der Waals surface area contributed by atoms with Crippen LogP contribution in [0.25, 0.3) is 0 Å². The van der Waals surface area contributed by atoms with E-state index in [-0.39, 0.29) is 17.5 Å². The summed E-state index contributed by atoms with van der Waals surface area (Å²) in [6.45, 7) is 1.56. The summed E-state index contributed by atoms with van der Waals surface area (Å²) in [5.74, 6) is -2.33. The zero-order valence-corrected chi connectivity index (χ0v) is 17.0. The summed E-state index contributed by atoms with van der Waals surface area (Å²) >= 11 is 1.44. The molecule has 0 aliphatic carbocycles. The van der Waals surface area contributed by atoms with Gasteiger partial charge in [0.25, 0.3) is 17.7 Å². The Morgan fingerprint density at radius 2 is 1.76 bits per heavy atom. The Balaban J connectivity index is 2.04. The first-order chi connectivity index (χ1) is 13.9. The molecule has 0 bridgehead atoms. The van der Waals surface area contributed by atoms with E-state index >= 15 is 0 Å². The van der Waals surface area contributed by atoms with E-state index in [1.165, 1.54) is 23.9 Å². The first-order valence-electron chi connectivity index (χ1n) is 9.10. The van der Waals surface area contributed by atoms with Crippen molar-refractivity contribution >= 4 is 41.5 Å². The van der Waals surface area contributed by atoms with Crippen LogP contribution in [0, 0.1) is 0 Å². The molecule has 0 saturated carbocycles. The molecule has 0 radical (unpaired) electrons. The summed E-state index contributed by atoms with van der Waals surface area (Å²) in [5, 5.41) is 4.49. The number of carbonyl (C=O) groups excluding carboxylic acids is 5. The molecule has 0 fully saturated rings. The van der Waals surface area contributed by atoms with Crippen LogP contribution in [0.15, 0.2) is 24.3 Å². The lowest BCUT2D eigenvalue weighted by molar-refractivity contribution is -0.152. The average molecular weight is 421 g/mol. The minimum atomic E-state index is -1.16. The number of fused-ring (bicyclic) bond motifs is 1. The summed E-state index contributed by atoms with van der Waals surface area (Å²) in [6.07, 6.45) is 2.71. The predicted octanol–water partition coefficient (Wildman–Crippen LogP) is 1.18. The van der Waals surface area contributed by atoms with Gasteiger partial charge in [-0.25, -0.2) is 9.59 Å².